The molecule has 2 heterocycles. The first kappa shape index (κ1) is 16.0. The van der Waals surface area contributed by atoms with Crippen LogP contribution in [0.5, 0.6) is 0 Å². The van der Waals surface area contributed by atoms with Crippen molar-refractivity contribution in [1.29, 1.82) is 0 Å². The van der Waals surface area contributed by atoms with E-state index in [1.807, 2.05) is 25.1 Å². The van der Waals surface area contributed by atoms with Crippen molar-refractivity contribution in [3.8, 4) is 0 Å². The van der Waals surface area contributed by atoms with Gasteiger partial charge in [-0.05, 0) is 44.8 Å². The molecule has 1 saturated heterocycles. The van der Waals surface area contributed by atoms with Crippen molar-refractivity contribution in [3.63, 3.8) is 0 Å². The summed E-state index contributed by atoms with van der Waals surface area (Å²) in [7, 11) is 1.48. The smallest absolute Gasteiger partial charge is 0.333 e. The Bertz CT molecular complexity index is 685. The number of aliphatic carboxylic acids is 1. The second-order valence-corrected chi connectivity index (χ2v) is 6.24. The summed E-state index contributed by atoms with van der Waals surface area (Å²) in [6.45, 7) is 4.63. The van der Waals surface area contributed by atoms with E-state index in [1.54, 1.807) is 0 Å². The maximum absolute atomic E-state index is 11.2. The number of aryl methyl sites for hydroxylation is 1. The fraction of sp³-hybridized carbons (Fsp3) is 0.500. The van der Waals surface area contributed by atoms with E-state index in [0.717, 1.165) is 43.8 Å². The number of fused-ring (bicyclic) bond motifs is 1. The Morgan fingerprint density at radius 1 is 1.39 bits per heavy atom. The number of carbonyl (C=O) groups is 1. The molecule has 2 aromatic rings. The first-order chi connectivity index (χ1) is 11.1. The van der Waals surface area contributed by atoms with Gasteiger partial charge in [0.25, 0.3) is 0 Å². The van der Waals surface area contributed by atoms with Gasteiger partial charge in [-0.15, -0.1) is 0 Å². The van der Waals surface area contributed by atoms with Gasteiger partial charge >= 0.3 is 5.97 Å². The first-order valence-electron chi connectivity index (χ1n) is 8.05. The molecule has 1 atom stereocenters. The highest BCUT2D eigenvalue weighted by Gasteiger charge is 2.31. The third-order valence-corrected chi connectivity index (χ3v) is 4.84. The summed E-state index contributed by atoms with van der Waals surface area (Å²) < 4.78 is 11.0. The van der Waals surface area contributed by atoms with E-state index in [-0.39, 0.29) is 5.92 Å². The zero-order chi connectivity index (χ0) is 16.4. The maximum atomic E-state index is 11.2. The number of rotatable bonds is 5. The van der Waals surface area contributed by atoms with Crippen LogP contribution in [0.4, 0.5) is 0 Å². The van der Waals surface area contributed by atoms with E-state index in [0.29, 0.717) is 0 Å². The third-order valence-electron chi connectivity index (χ3n) is 4.84. The van der Waals surface area contributed by atoms with Gasteiger partial charge in [0.15, 0.2) is 6.10 Å². The molecule has 0 amide bonds. The van der Waals surface area contributed by atoms with E-state index in [1.165, 1.54) is 18.1 Å². The Labute approximate surface area is 135 Å². The summed E-state index contributed by atoms with van der Waals surface area (Å²) >= 11 is 0. The molecule has 1 unspecified atom stereocenters. The lowest BCUT2D eigenvalue weighted by atomic mass is 9.91. The Hall–Kier alpha value is -1.85. The van der Waals surface area contributed by atoms with Crippen LogP contribution in [0.15, 0.2) is 28.7 Å². The first-order valence-corrected chi connectivity index (χ1v) is 8.05. The summed E-state index contributed by atoms with van der Waals surface area (Å²) in [5.41, 5.74) is 2.17. The monoisotopic (exact) mass is 317 g/mol. The molecule has 0 bridgehead atoms. The van der Waals surface area contributed by atoms with Crippen LogP contribution >= 0.6 is 0 Å². The molecule has 5 nitrogen and oxygen atoms in total. The van der Waals surface area contributed by atoms with Crippen molar-refractivity contribution in [2.45, 2.75) is 32.4 Å². The summed E-state index contributed by atoms with van der Waals surface area (Å²) in [6.07, 6.45) is 1.01. The Balaban J connectivity index is 1.66. The van der Waals surface area contributed by atoms with E-state index < -0.39 is 12.1 Å². The molecular weight excluding hydrogens is 294 g/mol. The Morgan fingerprint density at radius 2 is 2.09 bits per heavy atom. The number of ether oxygens (including phenoxy) is 1. The highest BCUT2D eigenvalue weighted by atomic mass is 16.5. The number of para-hydroxylation sites is 1. The quantitative estimate of drug-likeness (QED) is 0.918. The molecule has 23 heavy (non-hydrogen) atoms. The molecular formula is C18H23NO4. The van der Waals surface area contributed by atoms with Crippen LogP contribution in [0.25, 0.3) is 11.0 Å². The maximum Gasteiger partial charge on any atom is 0.333 e. The van der Waals surface area contributed by atoms with E-state index in [2.05, 4.69) is 11.0 Å². The molecule has 1 aromatic heterocycles. The fourth-order valence-corrected chi connectivity index (χ4v) is 3.55. The number of carboxylic acid groups (broad SMARTS) is 1. The predicted molar refractivity (Wildman–Crippen MR) is 87.4 cm³/mol. The van der Waals surface area contributed by atoms with Crippen molar-refractivity contribution < 1.29 is 19.1 Å². The van der Waals surface area contributed by atoms with Gasteiger partial charge in [0.2, 0.25) is 0 Å². The van der Waals surface area contributed by atoms with Crippen molar-refractivity contribution in [2.24, 2.45) is 5.92 Å². The van der Waals surface area contributed by atoms with E-state index in [4.69, 9.17) is 9.15 Å². The van der Waals surface area contributed by atoms with Gasteiger partial charge in [0, 0.05) is 24.6 Å². The molecule has 0 saturated carbocycles. The Kier molecular flexibility index (Phi) is 4.68. The van der Waals surface area contributed by atoms with Crippen LogP contribution in [0.1, 0.15) is 24.2 Å². The van der Waals surface area contributed by atoms with Crippen molar-refractivity contribution in [3.05, 3.63) is 35.6 Å². The lowest BCUT2D eigenvalue weighted by Gasteiger charge is -2.34. The van der Waals surface area contributed by atoms with Crippen molar-refractivity contribution in [2.75, 3.05) is 20.2 Å². The van der Waals surface area contributed by atoms with Crippen LogP contribution in [-0.2, 0) is 16.1 Å². The highest BCUT2D eigenvalue weighted by molar-refractivity contribution is 5.82. The molecule has 0 radical (unpaired) electrons. The lowest BCUT2D eigenvalue weighted by molar-refractivity contribution is -0.153. The largest absolute Gasteiger partial charge is 0.479 e. The van der Waals surface area contributed by atoms with Crippen LogP contribution in [0.2, 0.25) is 0 Å². The zero-order valence-corrected chi connectivity index (χ0v) is 13.6. The number of methoxy groups -OCH3 is 1. The fourth-order valence-electron chi connectivity index (χ4n) is 3.55. The molecule has 5 heteroatoms. The molecule has 1 N–H and O–H groups in total. The minimum atomic E-state index is -0.859. The lowest BCUT2D eigenvalue weighted by Crippen LogP contribution is -2.41. The van der Waals surface area contributed by atoms with E-state index >= 15 is 0 Å². The van der Waals surface area contributed by atoms with Gasteiger partial charge in [-0.1, -0.05) is 18.2 Å². The Morgan fingerprint density at radius 3 is 2.74 bits per heavy atom. The van der Waals surface area contributed by atoms with Gasteiger partial charge in [-0.2, -0.15) is 0 Å². The molecule has 1 aromatic carbocycles. The molecule has 0 aliphatic carbocycles. The van der Waals surface area contributed by atoms with Crippen molar-refractivity contribution >= 4 is 16.9 Å². The number of hydrogen-bond donors (Lipinski definition) is 1. The van der Waals surface area contributed by atoms with Crippen LogP contribution in [0.3, 0.4) is 0 Å². The SMILES string of the molecule is COC(C(=O)O)C1CCN(Cc2c(C)oc3ccccc23)CC1. The number of likely N-dealkylation sites (tertiary alicyclic amines) is 1. The molecule has 1 fully saturated rings. The van der Waals surface area contributed by atoms with Crippen LogP contribution in [0, 0.1) is 12.8 Å². The molecule has 124 valence electrons. The van der Waals surface area contributed by atoms with Gasteiger partial charge in [0.05, 0.1) is 0 Å². The van der Waals surface area contributed by atoms with Crippen LogP contribution < -0.4 is 0 Å². The van der Waals surface area contributed by atoms with E-state index in [9.17, 15) is 9.90 Å². The summed E-state index contributed by atoms with van der Waals surface area (Å²) in [4.78, 5) is 13.6. The molecule has 1 aliphatic heterocycles. The third kappa shape index (κ3) is 3.26. The highest BCUT2D eigenvalue weighted by Crippen LogP contribution is 2.29. The van der Waals surface area contributed by atoms with Gasteiger partial charge < -0.3 is 14.3 Å². The molecule has 1 aliphatic rings. The minimum Gasteiger partial charge on any atom is -0.479 e. The number of nitrogens with zero attached hydrogens (tertiary/aromatic N) is 1. The molecule has 0 spiro atoms. The minimum absolute atomic E-state index is 0.0935. The average molecular weight is 317 g/mol. The van der Waals surface area contributed by atoms with Gasteiger partial charge in [-0.25, -0.2) is 4.79 Å². The molecule has 3 rings (SSSR count). The summed E-state index contributed by atoms with van der Waals surface area (Å²) in [5.74, 6) is 0.201. The number of hydrogen-bond acceptors (Lipinski definition) is 4. The van der Waals surface area contributed by atoms with Gasteiger partial charge in [0.1, 0.15) is 11.3 Å². The number of piperidine rings is 1. The topological polar surface area (TPSA) is 62.9 Å². The van der Waals surface area contributed by atoms with Gasteiger partial charge in [-0.3, -0.25) is 4.90 Å². The van der Waals surface area contributed by atoms with Crippen molar-refractivity contribution in [1.82, 2.24) is 4.90 Å². The second kappa shape index (κ2) is 6.72. The summed E-state index contributed by atoms with van der Waals surface area (Å²) in [5, 5.41) is 10.4. The number of furan rings is 1. The zero-order valence-electron chi connectivity index (χ0n) is 13.6. The summed E-state index contributed by atoms with van der Waals surface area (Å²) in [6, 6.07) is 8.10. The van der Waals surface area contributed by atoms with Crippen LogP contribution in [-0.4, -0.2) is 42.3 Å². The predicted octanol–water partition coefficient (Wildman–Crippen LogP) is 3.05. The number of carboxylic acids is 1. The number of benzene rings is 1. The second-order valence-electron chi connectivity index (χ2n) is 6.24. The average Bonchev–Trinajstić information content (AvgIpc) is 2.85. The normalized spacial score (nSPS) is 18.3. The standard InChI is InChI=1S/C18H23NO4/c1-12-15(14-5-3-4-6-16(14)23-12)11-19-9-7-13(8-10-19)17(22-2)18(20)21/h3-6,13,17H,7-11H2,1-2H3,(H,20,21).